The van der Waals surface area contributed by atoms with E-state index in [1.54, 1.807) is 30.5 Å². The molecule has 2 rings (SSSR count). The average Bonchev–Trinajstić information content (AvgIpc) is 2.52. The Labute approximate surface area is 131 Å². The summed E-state index contributed by atoms with van der Waals surface area (Å²) < 4.78 is 27.5. The number of benzene rings is 1. The van der Waals surface area contributed by atoms with E-state index >= 15 is 0 Å². The second-order valence-electron chi connectivity index (χ2n) is 5.58. The minimum absolute atomic E-state index is 0.00692. The maximum atomic E-state index is 12.5. The fraction of sp³-hybridized carbons (Fsp3) is 0.438. The van der Waals surface area contributed by atoms with Crippen LogP contribution in [-0.4, -0.2) is 31.2 Å². The number of pyridine rings is 1. The highest BCUT2D eigenvalue weighted by molar-refractivity contribution is 7.89. The lowest BCUT2D eigenvalue weighted by molar-refractivity contribution is 0.118. The molecule has 2 aromatic rings. The van der Waals surface area contributed by atoms with Gasteiger partial charge in [0, 0.05) is 18.1 Å². The lowest BCUT2D eigenvalue weighted by atomic mass is 10.0. The molecule has 120 valence electrons. The van der Waals surface area contributed by atoms with Gasteiger partial charge in [-0.3, -0.25) is 4.98 Å². The van der Waals surface area contributed by atoms with E-state index in [2.05, 4.69) is 9.71 Å². The first kappa shape index (κ1) is 16.9. The maximum absolute atomic E-state index is 12.5. The second-order valence-corrected chi connectivity index (χ2v) is 7.32. The van der Waals surface area contributed by atoms with Crippen LogP contribution in [0.2, 0.25) is 0 Å². The van der Waals surface area contributed by atoms with Gasteiger partial charge in [-0.25, -0.2) is 13.1 Å². The van der Waals surface area contributed by atoms with Gasteiger partial charge < -0.3 is 5.11 Å². The Morgan fingerprint density at radius 3 is 2.73 bits per heavy atom. The fourth-order valence-electron chi connectivity index (χ4n) is 2.27. The van der Waals surface area contributed by atoms with E-state index in [9.17, 15) is 13.5 Å². The Hall–Kier alpha value is -1.50. The Morgan fingerprint density at radius 1 is 1.32 bits per heavy atom. The number of aliphatic hydroxyl groups excluding tert-OH is 1. The zero-order valence-corrected chi connectivity index (χ0v) is 13.9. The van der Waals surface area contributed by atoms with Crippen molar-refractivity contribution in [2.75, 3.05) is 6.54 Å². The van der Waals surface area contributed by atoms with Crippen LogP contribution in [-0.2, 0) is 10.0 Å². The van der Waals surface area contributed by atoms with Crippen LogP contribution in [0.5, 0.6) is 0 Å². The lowest BCUT2D eigenvalue weighted by Gasteiger charge is -2.18. The predicted molar refractivity (Wildman–Crippen MR) is 87.1 cm³/mol. The van der Waals surface area contributed by atoms with Crippen molar-refractivity contribution in [1.29, 1.82) is 0 Å². The molecule has 2 N–H and O–H groups in total. The molecule has 6 heteroatoms. The first-order valence-corrected chi connectivity index (χ1v) is 8.87. The third-order valence-corrected chi connectivity index (χ3v) is 5.49. The van der Waals surface area contributed by atoms with Crippen molar-refractivity contribution in [3.8, 4) is 0 Å². The van der Waals surface area contributed by atoms with E-state index in [1.807, 2.05) is 20.8 Å². The van der Waals surface area contributed by atoms with Crippen LogP contribution in [0.25, 0.3) is 10.9 Å². The third kappa shape index (κ3) is 3.45. The summed E-state index contributed by atoms with van der Waals surface area (Å²) in [6.07, 6.45) is 1.74. The summed E-state index contributed by atoms with van der Waals surface area (Å²) in [7, 11) is -3.69. The number of aliphatic hydroxyl groups is 1. The first-order valence-electron chi connectivity index (χ1n) is 7.39. The second kappa shape index (κ2) is 6.73. The van der Waals surface area contributed by atoms with Crippen LogP contribution in [0.1, 0.15) is 25.8 Å². The van der Waals surface area contributed by atoms with E-state index in [-0.39, 0.29) is 17.4 Å². The van der Waals surface area contributed by atoms with Crippen molar-refractivity contribution in [3.05, 3.63) is 36.0 Å². The highest BCUT2D eigenvalue weighted by Gasteiger charge is 2.21. The summed E-state index contributed by atoms with van der Waals surface area (Å²) in [6, 6.07) is 6.79. The van der Waals surface area contributed by atoms with Crippen LogP contribution in [0.3, 0.4) is 0 Å². The van der Waals surface area contributed by atoms with E-state index in [4.69, 9.17) is 0 Å². The average molecular weight is 322 g/mol. The molecule has 1 heterocycles. The minimum atomic E-state index is -3.69. The molecule has 2 atom stereocenters. The van der Waals surface area contributed by atoms with Gasteiger partial charge in [-0.05, 0) is 36.6 Å². The topological polar surface area (TPSA) is 79.3 Å². The quantitative estimate of drug-likeness (QED) is 0.855. The minimum Gasteiger partial charge on any atom is -0.391 e. The van der Waals surface area contributed by atoms with Crippen LogP contribution in [0.4, 0.5) is 0 Å². The van der Waals surface area contributed by atoms with Crippen LogP contribution < -0.4 is 4.72 Å². The summed E-state index contributed by atoms with van der Waals surface area (Å²) in [4.78, 5) is 4.44. The number of sulfonamides is 1. The van der Waals surface area contributed by atoms with Crippen molar-refractivity contribution in [3.63, 3.8) is 0 Å². The monoisotopic (exact) mass is 322 g/mol. The summed E-state index contributed by atoms with van der Waals surface area (Å²) in [6.45, 7) is 5.75. The van der Waals surface area contributed by atoms with E-state index in [1.165, 1.54) is 0 Å². The molecule has 0 saturated heterocycles. The van der Waals surface area contributed by atoms with E-state index in [0.717, 1.165) is 12.0 Å². The molecule has 0 aliphatic carbocycles. The number of fused-ring (bicyclic) bond motifs is 1. The predicted octanol–water partition coefficient (Wildman–Crippen LogP) is 2.23. The first-order chi connectivity index (χ1) is 10.4. The molecular formula is C16H22N2O3S. The molecule has 0 amide bonds. The van der Waals surface area contributed by atoms with Gasteiger partial charge in [0.1, 0.15) is 0 Å². The van der Waals surface area contributed by atoms with Gasteiger partial charge in [0.15, 0.2) is 0 Å². The molecule has 22 heavy (non-hydrogen) atoms. The number of nitrogens with zero attached hydrogens (tertiary/aromatic N) is 1. The Bertz CT molecular complexity index is 759. The summed E-state index contributed by atoms with van der Waals surface area (Å²) in [5, 5.41) is 10.5. The normalized spacial score (nSPS) is 14.9. The molecule has 0 fully saturated rings. The standard InChI is InChI=1S/C16H22N2O3S/c1-4-11(2)14(19)10-18-22(20,21)15-8-7-12(3)16-13(15)6-5-9-17-16/h5-9,11,14,18-19H,4,10H2,1-3H3. The molecule has 0 aliphatic rings. The lowest BCUT2D eigenvalue weighted by Crippen LogP contribution is -2.35. The molecule has 0 spiro atoms. The van der Waals surface area contributed by atoms with Gasteiger partial charge in [0.25, 0.3) is 0 Å². The molecular weight excluding hydrogens is 300 g/mol. The number of aromatic nitrogens is 1. The van der Waals surface area contributed by atoms with Crippen LogP contribution >= 0.6 is 0 Å². The fourth-order valence-corrected chi connectivity index (χ4v) is 3.52. The molecule has 0 radical (unpaired) electrons. The van der Waals surface area contributed by atoms with Gasteiger partial charge in [-0.1, -0.05) is 26.3 Å². The zero-order valence-electron chi connectivity index (χ0n) is 13.1. The highest BCUT2D eigenvalue weighted by atomic mass is 32.2. The molecule has 1 aromatic heterocycles. The third-order valence-electron chi connectivity index (χ3n) is 4.00. The number of aryl methyl sites for hydroxylation is 1. The van der Waals surface area contributed by atoms with Crippen molar-refractivity contribution in [2.24, 2.45) is 5.92 Å². The summed E-state index contributed by atoms with van der Waals surface area (Å²) in [5.41, 5.74) is 1.60. The Balaban J connectivity index is 2.33. The zero-order chi connectivity index (χ0) is 16.3. The van der Waals surface area contributed by atoms with Gasteiger partial charge in [-0.15, -0.1) is 0 Å². The van der Waals surface area contributed by atoms with Crippen molar-refractivity contribution >= 4 is 20.9 Å². The van der Waals surface area contributed by atoms with Crippen molar-refractivity contribution in [1.82, 2.24) is 9.71 Å². The van der Waals surface area contributed by atoms with E-state index in [0.29, 0.717) is 10.9 Å². The molecule has 0 aliphatic heterocycles. The van der Waals surface area contributed by atoms with Crippen LogP contribution in [0.15, 0.2) is 35.4 Å². The Morgan fingerprint density at radius 2 is 2.05 bits per heavy atom. The van der Waals surface area contributed by atoms with E-state index < -0.39 is 16.1 Å². The van der Waals surface area contributed by atoms with Gasteiger partial charge in [0.05, 0.1) is 16.5 Å². The number of hydrogen-bond donors (Lipinski definition) is 2. The largest absolute Gasteiger partial charge is 0.391 e. The molecule has 2 unspecified atom stereocenters. The molecule has 0 saturated carbocycles. The van der Waals surface area contributed by atoms with Crippen molar-refractivity contribution in [2.45, 2.75) is 38.2 Å². The van der Waals surface area contributed by atoms with Gasteiger partial charge in [0.2, 0.25) is 10.0 Å². The number of hydrogen-bond acceptors (Lipinski definition) is 4. The maximum Gasteiger partial charge on any atom is 0.241 e. The smallest absolute Gasteiger partial charge is 0.241 e. The van der Waals surface area contributed by atoms with Gasteiger partial charge in [-0.2, -0.15) is 0 Å². The molecule has 0 bridgehead atoms. The molecule has 1 aromatic carbocycles. The number of rotatable bonds is 6. The summed E-state index contributed by atoms with van der Waals surface area (Å²) >= 11 is 0. The van der Waals surface area contributed by atoms with Gasteiger partial charge >= 0.3 is 0 Å². The van der Waals surface area contributed by atoms with Crippen molar-refractivity contribution < 1.29 is 13.5 Å². The van der Waals surface area contributed by atoms with Crippen LogP contribution in [0, 0.1) is 12.8 Å². The number of nitrogens with one attached hydrogen (secondary N) is 1. The molecule has 5 nitrogen and oxygen atoms in total. The highest BCUT2D eigenvalue weighted by Crippen LogP contribution is 2.24. The Kier molecular flexibility index (Phi) is 5.16. The summed E-state index contributed by atoms with van der Waals surface area (Å²) in [5.74, 6) is 0.0409. The SMILES string of the molecule is CCC(C)C(O)CNS(=O)(=O)c1ccc(C)c2ncccc12.